The van der Waals surface area contributed by atoms with Crippen LogP contribution in [-0.4, -0.2) is 19.4 Å². The molecule has 11 rings (SSSR count). The highest BCUT2D eigenvalue weighted by atomic mass is 28.3. The van der Waals surface area contributed by atoms with E-state index in [0.29, 0.717) is 0 Å². The van der Waals surface area contributed by atoms with Gasteiger partial charge in [0.1, 0.15) is 23.0 Å². The van der Waals surface area contributed by atoms with Crippen LogP contribution in [0.1, 0.15) is 5.56 Å². The molecule has 2 aliphatic heterocycles. The maximum atomic E-state index is 6.73. The minimum absolute atomic E-state index is 0.0373. The maximum Gasteiger partial charge on any atom is 0.260 e. The average Bonchev–Trinajstić information content (AvgIpc) is 3.55. The topological polar surface area (TPSA) is 23.4 Å². The van der Waals surface area contributed by atoms with Gasteiger partial charge in [-0.15, -0.1) is 0 Å². The third kappa shape index (κ3) is 4.49. The minimum atomic E-state index is -2.76. The Morgan fingerprint density at radius 2 is 0.963 bits per heavy atom. The summed E-state index contributed by atoms with van der Waals surface area (Å²) in [5, 5.41) is 7.89. The highest BCUT2D eigenvalue weighted by Crippen LogP contribution is 2.39. The molecule has 1 aromatic heterocycles. The van der Waals surface area contributed by atoms with E-state index in [-0.39, 0.29) is 6.71 Å². The highest BCUT2D eigenvalue weighted by Gasteiger charge is 2.43. The molecule has 0 saturated carbocycles. The molecule has 8 aromatic carbocycles. The van der Waals surface area contributed by atoms with Gasteiger partial charge in [-0.25, -0.2) is 0 Å². The van der Waals surface area contributed by atoms with Gasteiger partial charge in [0.25, 0.3) is 6.71 Å². The predicted molar refractivity (Wildman–Crippen MR) is 227 cm³/mol. The van der Waals surface area contributed by atoms with Crippen molar-refractivity contribution in [1.82, 2.24) is 4.57 Å². The van der Waals surface area contributed by atoms with Gasteiger partial charge < -0.3 is 14.0 Å². The zero-order valence-corrected chi connectivity index (χ0v) is 30.7. The first kappa shape index (κ1) is 31.0. The van der Waals surface area contributed by atoms with E-state index in [1.165, 1.54) is 37.1 Å². The zero-order valence-electron chi connectivity index (χ0n) is 29.7. The SMILES string of the molecule is Cc1cccc([Si](c2ccccc2)(c2ccccc2)c2ccc3c(c2)c2ccccc2n3-c2cc3c4c(c2)Oc2ccccc2B4c2ccccc2O3)c1. The number of hydrogen-bond acceptors (Lipinski definition) is 2. The average molecular weight is 708 g/mol. The Morgan fingerprint density at radius 1 is 0.426 bits per heavy atom. The smallest absolute Gasteiger partial charge is 0.260 e. The van der Waals surface area contributed by atoms with Gasteiger partial charge in [-0.1, -0.05) is 157 Å². The van der Waals surface area contributed by atoms with Gasteiger partial charge in [0.15, 0.2) is 8.07 Å². The minimum Gasteiger partial charge on any atom is -0.458 e. The van der Waals surface area contributed by atoms with Crippen LogP contribution in [0.4, 0.5) is 0 Å². The Labute approximate surface area is 315 Å². The van der Waals surface area contributed by atoms with Crippen LogP contribution in [0.5, 0.6) is 23.0 Å². The Bertz CT molecular complexity index is 2810. The van der Waals surface area contributed by atoms with Crippen molar-refractivity contribution in [1.29, 1.82) is 0 Å². The van der Waals surface area contributed by atoms with Crippen LogP contribution >= 0.6 is 0 Å². The summed E-state index contributed by atoms with van der Waals surface area (Å²) in [5.74, 6) is 3.45. The summed E-state index contributed by atoms with van der Waals surface area (Å²) in [6, 6.07) is 68.7. The standard InChI is InChI=1S/C49H34BNO2Si/c1-33-15-14-20-37(29-33)54(35-16-4-2-5-17-35,36-18-6-3-7-19-36)38-27-28-44-40(32-38)39-21-8-11-24-43(39)51(44)34-30-47-49-48(31-34)53-46-26-13-10-23-42(46)50(49)41-22-9-12-25-45(41)52-47/h2-32H,1H3. The summed E-state index contributed by atoms with van der Waals surface area (Å²) in [6.45, 7) is 2.24. The molecule has 54 heavy (non-hydrogen) atoms. The first-order valence-corrected chi connectivity index (χ1v) is 20.6. The highest BCUT2D eigenvalue weighted by molar-refractivity contribution is 7.20. The molecule has 0 unspecified atom stereocenters. The van der Waals surface area contributed by atoms with Crippen LogP contribution in [0.15, 0.2) is 188 Å². The lowest BCUT2D eigenvalue weighted by Gasteiger charge is -2.34. The van der Waals surface area contributed by atoms with Crippen molar-refractivity contribution < 1.29 is 9.47 Å². The Balaban J connectivity index is 1.17. The summed E-state index contributed by atoms with van der Waals surface area (Å²) < 4.78 is 15.9. The molecule has 0 aliphatic carbocycles. The number of fused-ring (bicyclic) bond motifs is 7. The van der Waals surface area contributed by atoms with Crippen LogP contribution < -0.4 is 46.6 Å². The first-order valence-electron chi connectivity index (χ1n) is 18.6. The van der Waals surface area contributed by atoms with Crippen LogP contribution in [0.25, 0.3) is 27.5 Å². The van der Waals surface area contributed by atoms with Crippen molar-refractivity contribution >= 4 is 73.7 Å². The monoisotopic (exact) mass is 707 g/mol. The number of rotatable bonds is 5. The number of ether oxygens (including phenoxy) is 2. The van der Waals surface area contributed by atoms with E-state index in [2.05, 4.69) is 200 Å². The van der Waals surface area contributed by atoms with Crippen LogP contribution in [0.2, 0.25) is 0 Å². The molecule has 0 atom stereocenters. The molecule has 0 N–H and O–H groups in total. The molecule has 5 heteroatoms. The van der Waals surface area contributed by atoms with E-state index < -0.39 is 8.07 Å². The zero-order chi connectivity index (χ0) is 35.8. The third-order valence-corrected chi connectivity index (χ3v) is 16.3. The van der Waals surface area contributed by atoms with Crippen LogP contribution in [0, 0.1) is 6.92 Å². The van der Waals surface area contributed by atoms with E-state index in [1.807, 2.05) is 0 Å². The van der Waals surface area contributed by atoms with Gasteiger partial charge in [0.2, 0.25) is 0 Å². The molecule has 3 nitrogen and oxygen atoms in total. The Kier molecular flexibility index (Phi) is 6.88. The Hall–Kier alpha value is -6.56. The van der Waals surface area contributed by atoms with Gasteiger partial charge in [-0.2, -0.15) is 0 Å². The number of para-hydroxylation sites is 3. The number of hydrogen-bond donors (Lipinski definition) is 0. The summed E-state index contributed by atoms with van der Waals surface area (Å²) in [5.41, 5.74) is 7.97. The van der Waals surface area contributed by atoms with Gasteiger partial charge >= 0.3 is 0 Å². The van der Waals surface area contributed by atoms with Gasteiger partial charge in [-0.05, 0) is 62.9 Å². The van der Waals surface area contributed by atoms with Crippen molar-refractivity contribution in [2.24, 2.45) is 0 Å². The van der Waals surface area contributed by atoms with Gasteiger partial charge in [0, 0.05) is 28.4 Å². The fourth-order valence-corrected chi connectivity index (χ4v) is 14.1. The van der Waals surface area contributed by atoms with Crippen molar-refractivity contribution in [2.45, 2.75) is 6.92 Å². The number of nitrogens with zero attached hydrogens (tertiary/aromatic N) is 1. The van der Waals surface area contributed by atoms with Crippen LogP contribution in [0.3, 0.4) is 0 Å². The molecule has 0 bridgehead atoms. The molecule has 0 amide bonds. The second-order valence-corrected chi connectivity index (χ2v) is 18.3. The molecule has 2 aliphatic rings. The van der Waals surface area contributed by atoms with E-state index in [1.54, 1.807) is 0 Å². The first-order chi connectivity index (χ1) is 26.7. The normalized spacial score (nSPS) is 12.8. The second kappa shape index (κ2) is 12.0. The summed E-state index contributed by atoms with van der Waals surface area (Å²) in [6.07, 6.45) is 0. The number of aryl methyl sites for hydroxylation is 1. The fourth-order valence-electron chi connectivity index (χ4n) is 9.25. The second-order valence-electron chi connectivity index (χ2n) is 14.5. The largest absolute Gasteiger partial charge is 0.458 e. The Morgan fingerprint density at radius 3 is 1.61 bits per heavy atom. The third-order valence-electron chi connectivity index (χ3n) is 11.5. The van der Waals surface area contributed by atoms with Crippen molar-refractivity contribution in [3.63, 3.8) is 0 Å². The maximum absolute atomic E-state index is 6.73. The molecular formula is C49H34BNO2Si. The molecule has 0 spiro atoms. The number of aromatic nitrogens is 1. The molecule has 9 aromatic rings. The lowest BCUT2D eigenvalue weighted by Crippen LogP contribution is -2.74. The van der Waals surface area contributed by atoms with Crippen molar-refractivity contribution in [3.05, 3.63) is 194 Å². The van der Waals surface area contributed by atoms with E-state index in [4.69, 9.17) is 9.47 Å². The fraction of sp³-hybridized carbons (Fsp3) is 0.0204. The number of benzene rings is 8. The lowest BCUT2D eigenvalue weighted by atomic mass is 9.35. The van der Waals surface area contributed by atoms with Crippen molar-refractivity contribution in [2.75, 3.05) is 0 Å². The molecule has 0 fully saturated rings. The predicted octanol–water partition coefficient (Wildman–Crippen LogP) is 7.20. The summed E-state index contributed by atoms with van der Waals surface area (Å²) in [4.78, 5) is 0. The summed E-state index contributed by atoms with van der Waals surface area (Å²) >= 11 is 0. The van der Waals surface area contributed by atoms with E-state index >= 15 is 0 Å². The van der Waals surface area contributed by atoms with Crippen molar-refractivity contribution in [3.8, 4) is 28.7 Å². The summed E-state index contributed by atoms with van der Waals surface area (Å²) in [7, 11) is -2.76. The molecule has 3 heterocycles. The van der Waals surface area contributed by atoms with E-state index in [0.717, 1.165) is 56.1 Å². The molecule has 0 saturated heterocycles. The molecular weight excluding hydrogens is 673 g/mol. The van der Waals surface area contributed by atoms with E-state index in [9.17, 15) is 0 Å². The van der Waals surface area contributed by atoms with Crippen LogP contribution in [-0.2, 0) is 0 Å². The molecule has 254 valence electrons. The van der Waals surface area contributed by atoms with Gasteiger partial charge in [0.05, 0.1) is 16.7 Å². The molecule has 0 radical (unpaired) electrons. The van der Waals surface area contributed by atoms with Gasteiger partial charge in [-0.3, -0.25) is 0 Å². The lowest BCUT2D eigenvalue weighted by molar-refractivity contribution is 0.464. The quantitative estimate of drug-likeness (QED) is 0.140.